The van der Waals surface area contributed by atoms with Gasteiger partial charge in [0.1, 0.15) is 5.69 Å². The first-order chi connectivity index (χ1) is 11.0. The maximum absolute atomic E-state index is 12.8. The van der Waals surface area contributed by atoms with Crippen molar-refractivity contribution in [1.82, 2.24) is 24.5 Å². The molecule has 23 heavy (non-hydrogen) atoms. The summed E-state index contributed by atoms with van der Waals surface area (Å²) in [5.74, 6) is -0.117. The van der Waals surface area contributed by atoms with Crippen LogP contribution in [0.2, 0.25) is 0 Å². The third kappa shape index (κ3) is 3.33. The number of aryl methyl sites for hydroxylation is 2. The predicted molar refractivity (Wildman–Crippen MR) is 85.1 cm³/mol. The van der Waals surface area contributed by atoms with Crippen LogP contribution in [0.25, 0.3) is 0 Å². The number of hydrogen-bond donors (Lipinski definition) is 0. The summed E-state index contributed by atoms with van der Waals surface area (Å²) in [6, 6.07) is 3.00. The van der Waals surface area contributed by atoms with Gasteiger partial charge in [-0.1, -0.05) is 0 Å². The summed E-state index contributed by atoms with van der Waals surface area (Å²) in [5, 5.41) is 8.40. The molecule has 122 valence electrons. The molecule has 2 aromatic rings. The van der Waals surface area contributed by atoms with E-state index in [1.807, 2.05) is 28.9 Å². The topological polar surface area (TPSA) is 73.0 Å². The van der Waals surface area contributed by atoms with E-state index >= 15 is 0 Å². The Labute approximate surface area is 134 Å². The van der Waals surface area contributed by atoms with Crippen LogP contribution in [0.3, 0.4) is 0 Å². The van der Waals surface area contributed by atoms with Crippen molar-refractivity contribution in [3.8, 4) is 0 Å². The first kappa shape index (κ1) is 15.5. The molecule has 0 aliphatic carbocycles. The summed E-state index contributed by atoms with van der Waals surface area (Å²) in [7, 11) is 1.55. The Morgan fingerprint density at radius 1 is 1.35 bits per heavy atom. The third-order valence-corrected chi connectivity index (χ3v) is 4.23. The van der Waals surface area contributed by atoms with Crippen molar-refractivity contribution < 1.29 is 4.79 Å². The van der Waals surface area contributed by atoms with Crippen LogP contribution in [-0.4, -0.2) is 43.0 Å². The highest BCUT2D eigenvalue weighted by Crippen LogP contribution is 2.20. The fourth-order valence-electron chi connectivity index (χ4n) is 3.00. The second-order valence-electron chi connectivity index (χ2n) is 6.07. The van der Waals surface area contributed by atoms with E-state index in [2.05, 4.69) is 10.2 Å². The molecule has 1 fully saturated rings. The van der Waals surface area contributed by atoms with Gasteiger partial charge < -0.3 is 4.90 Å². The number of piperidine rings is 1. The fourth-order valence-corrected chi connectivity index (χ4v) is 3.00. The summed E-state index contributed by atoms with van der Waals surface area (Å²) < 4.78 is 3.09. The van der Waals surface area contributed by atoms with E-state index in [4.69, 9.17) is 0 Å². The number of rotatable bonds is 3. The smallest absolute Gasteiger partial charge is 0.274 e. The molecule has 1 amide bonds. The van der Waals surface area contributed by atoms with Gasteiger partial charge >= 0.3 is 0 Å². The van der Waals surface area contributed by atoms with E-state index in [0.29, 0.717) is 18.8 Å². The highest BCUT2D eigenvalue weighted by molar-refractivity contribution is 5.92. The molecule has 0 spiro atoms. The molecule has 2 aromatic heterocycles. The van der Waals surface area contributed by atoms with Gasteiger partial charge in [0.15, 0.2) is 0 Å². The summed E-state index contributed by atoms with van der Waals surface area (Å²) in [5.41, 5.74) is 1.21. The Morgan fingerprint density at radius 2 is 2.17 bits per heavy atom. The number of amides is 1. The molecule has 0 aromatic carbocycles. The van der Waals surface area contributed by atoms with Gasteiger partial charge in [0, 0.05) is 25.9 Å². The minimum Gasteiger partial charge on any atom is -0.332 e. The van der Waals surface area contributed by atoms with Crippen LogP contribution in [0.1, 0.15) is 35.3 Å². The quantitative estimate of drug-likeness (QED) is 0.846. The van der Waals surface area contributed by atoms with Crippen molar-refractivity contribution >= 4 is 5.91 Å². The Hall–Kier alpha value is -2.44. The summed E-state index contributed by atoms with van der Waals surface area (Å²) in [4.78, 5) is 26.1. The number of likely N-dealkylation sites (tertiary alicyclic amines) is 1. The molecular weight excluding hydrogens is 294 g/mol. The molecule has 1 saturated heterocycles. The lowest BCUT2D eigenvalue weighted by Gasteiger charge is -2.35. The monoisotopic (exact) mass is 315 g/mol. The molecular formula is C16H21N5O2. The molecule has 3 heterocycles. The molecule has 7 nitrogen and oxygen atoms in total. The van der Waals surface area contributed by atoms with Crippen molar-refractivity contribution in [3.05, 3.63) is 46.1 Å². The number of aromatic nitrogens is 4. The van der Waals surface area contributed by atoms with Crippen LogP contribution < -0.4 is 5.56 Å². The average Bonchev–Trinajstić information content (AvgIpc) is 2.95. The zero-order valence-electron chi connectivity index (χ0n) is 13.5. The molecule has 1 aliphatic heterocycles. The SMILES string of the molecule is Cc1cnn(CC2CCCCN2C(=O)c2ccc(=O)n(C)n2)c1. The van der Waals surface area contributed by atoms with Crippen molar-refractivity contribution in [3.63, 3.8) is 0 Å². The molecule has 1 unspecified atom stereocenters. The Morgan fingerprint density at radius 3 is 2.87 bits per heavy atom. The van der Waals surface area contributed by atoms with E-state index in [-0.39, 0.29) is 17.5 Å². The maximum Gasteiger partial charge on any atom is 0.274 e. The van der Waals surface area contributed by atoms with E-state index in [0.717, 1.165) is 24.8 Å². The van der Waals surface area contributed by atoms with Gasteiger partial charge in [-0.2, -0.15) is 10.2 Å². The lowest BCUT2D eigenvalue weighted by atomic mass is 10.0. The number of carbonyl (C=O) groups excluding carboxylic acids is 1. The van der Waals surface area contributed by atoms with Gasteiger partial charge in [-0.25, -0.2) is 4.68 Å². The van der Waals surface area contributed by atoms with Crippen molar-refractivity contribution in [2.45, 2.75) is 38.8 Å². The Kier molecular flexibility index (Phi) is 4.27. The lowest BCUT2D eigenvalue weighted by molar-refractivity contribution is 0.0575. The van der Waals surface area contributed by atoms with E-state index < -0.39 is 0 Å². The first-order valence-electron chi connectivity index (χ1n) is 7.89. The van der Waals surface area contributed by atoms with E-state index in [1.54, 1.807) is 7.05 Å². The zero-order chi connectivity index (χ0) is 16.4. The van der Waals surface area contributed by atoms with Gasteiger partial charge in [0.25, 0.3) is 11.5 Å². The number of carbonyl (C=O) groups is 1. The molecule has 3 rings (SSSR count). The van der Waals surface area contributed by atoms with E-state index in [1.165, 1.54) is 16.8 Å². The van der Waals surface area contributed by atoms with Crippen LogP contribution in [0.5, 0.6) is 0 Å². The van der Waals surface area contributed by atoms with Gasteiger partial charge in [-0.3, -0.25) is 14.3 Å². The van der Waals surface area contributed by atoms with Gasteiger partial charge in [-0.05, 0) is 37.8 Å². The standard InChI is InChI=1S/C16H21N5O2/c1-12-9-17-20(10-12)11-13-5-3-4-8-21(13)16(23)14-6-7-15(22)19(2)18-14/h6-7,9-10,13H,3-5,8,11H2,1-2H3. The van der Waals surface area contributed by atoms with Gasteiger partial charge in [0.2, 0.25) is 0 Å². The highest BCUT2D eigenvalue weighted by atomic mass is 16.2. The highest BCUT2D eigenvalue weighted by Gasteiger charge is 2.29. The molecule has 7 heteroatoms. The minimum atomic E-state index is -0.219. The molecule has 1 aliphatic rings. The first-order valence-corrected chi connectivity index (χ1v) is 7.89. The fraction of sp³-hybridized carbons (Fsp3) is 0.500. The summed E-state index contributed by atoms with van der Waals surface area (Å²) >= 11 is 0. The van der Waals surface area contributed by atoms with E-state index in [9.17, 15) is 9.59 Å². The molecule has 1 atom stereocenters. The van der Waals surface area contributed by atoms with Crippen molar-refractivity contribution in [1.29, 1.82) is 0 Å². The van der Waals surface area contributed by atoms with Crippen LogP contribution >= 0.6 is 0 Å². The van der Waals surface area contributed by atoms with Crippen LogP contribution in [-0.2, 0) is 13.6 Å². The summed E-state index contributed by atoms with van der Waals surface area (Å²) in [6.07, 6.45) is 6.86. The third-order valence-electron chi connectivity index (χ3n) is 4.23. The largest absolute Gasteiger partial charge is 0.332 e. The molecule has 0 N–H and O–H groups in total. The predicted octanol–water partition coefficient (Wildman–Crippen LogP) is 0.980. The van der Waals surface area contributed by atoms with Crippen LogP contribution in [0, 0.1) is 6.92 Å². The van der Waals surface area contributed by atoms with Crippen molar-refractivity contribution in [2.75, 3.05) is 6.54 Å². The molecule has 0 radical (unpaired) electrons. The van der Waals surface area contributed by atoms with Crippen LogP contribution in [0.15, 0.2) is 29.3 Å². The second-order valence-corrected chi connectivity index (χ2v) is 6.07. The average molecular weight is 315 g/mol. The van der Waals surface area contributed by atoms with Crippen molar-refractivity contribution in [2.24, 2.45) is 7.05 Å². The Balaban J connectivity index is 1.81. The Bertz CT molecular complexity index is 764. The normalized spacial score (nSPS) is 18.2. The second kappa shape index (κ2) is 6.36. The summed E-state index contributed by atoms with van der Waals surface area (Å²) in [6.45, 7) is 3.40. The number of hydrogen-bond acceptors (Lipinski definition) is 4. The lowest BCUT2D eigenvalue weighted by Crippen LogP contribution is -2.46. The molecule has 0 saturated carbocycles. The minimum absolute atomic E-state index is 0.106. The van der Waals surface area contributed by atoms with Gasteiger partial charge in [-0.15, -0.1) is 0 Å². The zero-order valence-corrected chi connectivity index (χ0v) is 13.5. The molecule has 0 bridgehead atoms. The van der Waals surface area contributed by atoms with Crippen LogP contribution in [0.4, 0.5) is 0 Å². The number of nitrogens with zero attached hydrogens (tertiary/aromatic N) is 5. The maximum atomic E-state index is 12.8. The van der Waals surface area contributed by atoms with Gasteiger partial charge in [0.05, 0.1) is 18.8 Å².